The predicted octanol–water partition coefficient (Wildman–Crippen LogP) is 8.51. The second-order valence-corrected chi connectivity index (χ2v) is 16.9. The van der Waals surface area contributed by atoms with Crippen molar-refractivity contribution in [1.82, 2.24) is 16.0 Å². The molecule has 0 radical (unpaired) electrons. The zero-order valence-corrected chi connectivity index (χ0v) is 35.9. The number of benzene rings is 2. The van der Waals surface area contributed by atoms with Crippen LogP contribution in [0.5, 0.6) is 11.5 Å². The number of guanidine groups is 1. The van der Waals surface area contributed by atoms with Gasteiger partial charge >= 0.3 is 0 Å². The number of carbonyl (C=O) groups excluding carboxylic acids is 2. The molecule has 2 saturated carbocycles. The second-order valence-electron chi connectivity index (χ2n) is 14.3. The molecule has 2 aromatic rings. The molecule has 2 aliphatic carbocycles. The molecule has 2 spiro atoms. The van der Waals surface area contributed by atoms with Gasteiger partial charge in [-0.1, -0.05) is 82.1 Å². The fourth-order valence-corrected chi connectivity index (χ4v) is 10.1. The normalized spacial score (nSPS) is 28.7. The van der Waals surface area contributed by atoms with E-state index in [-0.39, 0.29) is 60.1 Å². The zero-order valence-electron chi connectivity index (χ0n) is 29.5. The SMILES string of the molecule is CN1C(=O)C2(CC(C3CCCCC3)Oc3ccc(Br)cc32)N=C1N.CSC1=NC2(CC(C3CCCCC3)Oc3ccc(Br)cc32)C(=O)N1C.I.N. The summed E-state index contributed by atoms with van der Waals surface area (Å²) in [6.07, 6.45) is 15.6. The van der Waals surface area contributed by atoms with E-state index in [0.717, 1.165) is 49.6 Å². The lowest BCUT2D eigenvalue weighted by Crippen LogP contribution is -2.47. The first-order valence-electron chi connectivity index (χ1n) is 17.5. The van der Waals surface area contributed by atoms with Gasteiger partial charge in [-0.05, 0) is 80.2 Å². The smallest absolute Gasteiger partial charge is 0.261 e. The van der Waals surface area contributed by atoms with Crippen molar-refractivity contribution in [2.24, 2.45) is 27.6 Å². The molecule has 6 aliphatic rings. The molecule has 0 aromatic heterocycles. The van der Waals surface area contributed by atoms with Crippen LogP contribution in [0.1, 0.15) is 88.2 Å². The molecule has 4 unspecified atom stereocenters. The van der Waals surface area contributed by atoms with Crippen LogP contribution in [0.25, 0.3) is 0 Å². The van der Waals surface area contributed by atoms with E-state index < -0.39 is 11.1 Å². The first-order chi connectivity index (χ1) is 23.6. The van der Waals surface area contributed by atoms with E-state index in [9.17, 15) is 9.59 Å². The van der Waals surface area contributed by atoms with E-state index in [1.165, 1.54) is 68.0 Å². The number of thioether (sulfide) groups is 1. The third-order valence-electron chi connectivity index (χ3n) is 11.4. The maximum absolute atomic E-state index is 13.3. The number of amides is 2. The van der Waals surface area contributed by atoms with Crippen LogP contribution in [-0.2, 0) is 20.7 Å². The summed E-state index contributed by atoms with van der Waals surface area (Å²) in [7, 11) is 3.52. The second kappa shape index (κ2) is 16.2. The molecular formula is C37H49Br2IN6O4S. The van der Waals surface area contributed by atoms with Crippen molar-refractivity contribution in [1.29, 1.82) is 0 Å². The highest BCUT2D eigenvalue weighted by molar-refractivity contribution is 14.0. The minimum atomic E-state index is -0.932. The Morgan fingerprint density at radius 1 is 0.745 bits per heavy atom. The Hall–Kier alpha value is -1.88. The fourth-order valence-electron chi connectivity index (χ4n) is 8.76. The average molecular weight is 961 g/mol. The summed E-state index contributed by atoms with van der Waals surface area (Å²) < 4.78 is 14.6. The van der Waals surface area contributed by atoms with Crippen LogP contribution >= 0.6 is 67.6 Å². The van der Waals surface area contributed by atoms with Crippen LogP contribution in [0.4, 0.5) is 0 Å². The Balaban J connectivity index is 0.000000190. The number of rotatable bonds is 2. The molecule has 2 aromatic carbocycles. The number of fused-ring (bicyclic) bond motifs is 4. The Kier molecular flexibility index (Phi) is 12.8. The molecule has 5 N–H and O–H groups in total. The molecule has 10 nitrogen and oxygen atoms in total. The van der Waals surface area contributed by atoms with Gasteiger partial charge in [0, 0.05) is 47.0 Å². The summed E-state index contributed by atoms with van der Waals surface area (Å²) in [6.45, 7) is 0. The fraction of sp³-hybridized carbons (Fsp3) is 0.568. The topological polar surface area (TPSA) is 145 Å². The number of likely N-dealkylation sites (N-methyl/N-ethyl adjacent to an activating group) is 2. The number of ether oxygens (including phenoxy) is 2. The van der Waals surface area contributed by atoms with Gasteiger partial charge < -0.3 is 21.4 Å². The van der Waals surface area contributed by atoms with Crippen LogP contribution < -0.4 is 21.4 Å². The number of aliphatic imine (C=N–C) groups is 2. The van der Waals surface area contributed by atoms with Crippen molar-refractivity contribution in [2.45, 2.75) is 100 Å². The molecule has 2 fully saturated rings. The molecule has 4 atom stereocenters. The Morgan fingerprint density at radius 2 is 1.18 bits per heavy atom. The largest absolute Gasteiger partial charge is 0.490 e. The van der Waals surface area contributed by atoms with Gasteiger partial charge in [0.05, 0.1) is 0 Å². The van der Waals surface area contributed by atoms with Gasteiger partial charge in [0.25, 0.3) is 11.8 Å². The van der Waals surface area contributed by atoms with Gasteiger partial charge in [-0.15, -0.1) is 24.0 Å². The molecule has 0 bridgehead atoms. The highest BCUT2D eigenvalue weighted by Crippen LogP contribution is 2.51. The Bertz CT molecular complexity index is 1700. The van der Waals surface area contributed by atoms with Gasteiger partial charge in [0.2, 0.25) is 0 Å². The lowest BCUT2D eigenvalue weighted by molar-refractivity contribution is -0.133. The van der Waals surface area contributed by atoms with Gasteiger partial charge in [0.1, 0.15) is 23.7 Å². The zero-order chi connectivity index (χ0) is 34.5. The molecule has 278 valence electrons. The average Bonchev–Trinajstić information content (AvgIpc) is 3.49. The summed E-state index contributed by atoms with van der Waals surface area (Å²) >= 11 is 8.58. The monoisotopic (exact) mass is 958 g/mol. The van der Waals surface area contributed by atoms with Crippen molar-refractivity contribution in [3.8, 4) is 11.5 Å². The van der Waals surface area contributed by atoms with Crippen LogP contribution in [0.15, 0.2) is 55.3 Å². The van der Waals surface area contributed by atoms with Gasteiger partial charge in [-0.25, -0.2) is 9.98 Å². The van der Waals surface area contributed by atoms with E-state index in [2.05, 4.69) is 36.9 Å². The van der Waals surface area contributed by atoms with Crippen molar-refractivity contribution < 1.29 is 19.1 Å². The van der Waals surface area contributed by atoms with E-state index >= 15 is 0 Å². The van der Waals surface area contributed by atoms with Gasteiger partial charge in [-0.3, -0.25) is 19.4 Å². The highest BCUT2D eigenvalue weighted by Gasteiger charge is 2.56. The van der Waals surface area contributed by atoms with Crippen LogP contribution in [0.2, 0.25) is 0 Å². The number of nitrogens with two attached hydrogens (primary N) is 1. The number of halogens is 3. The number of hydrogen-bond acceptors (Lipinski definition) is 9. The third kappa shape index (κ3) is 7.34. The van der Waals surface area contributed by atoms with Crippen molar-refractivity contribution >= 4 is 90.5 Å². The lowest BCUT2D eigenvalue weighted by atomic mass is 9.75. The molecule has 4 aliphatic heterocycles. The number of hydrogen-bond donors (Lipinski definition) is 2. The van der Waals surface area contributed by atoms with E-state index in [0.29, 0.717) is 24.7 Å². The van der Waals surface area contributed by atoms with E-state index in [4.69, 9.17) is 20.2 Å². The number of amidine groups is 1. The maximum atomic E-state index is 13.3. The molecular weight excluding hydrogens is 911 g/mol. The summed E-state index contributed by atoms with van der Waals surface area (Å²) in [4.78, 5) is 39.1. The first kappa shape index (κ1) is 40.3. The molecule has 2 amide bonds. The highest BCUT2D eigenvalue weighted by atomic mass is 127. The van der Waals surface area contributed by atoms with E-state index in [1.807, 2.05) is 49.7 Å². The maximum Gasteiger partial charge on any atom is 0.261 e. The summed E-state index contributed by atoms with van der Waals surface area (Å²) in [5.41, 5.74) is 5.96. The van der Waals surface area contributed by atoms with Gasteiger partial charge in [-0.2, -0.15) is 0 Å². The summed E-state index contributed by atoms with van der Waals surface area (Å²) in [5, 5.41) is 0.792. The van der Waals surface area contributed by atoms with Crippen LogP contribution in [0.3, 0.4) is 0 Å². The van der Waals surface area contributed by atoms with Crippen molar-refractivity contribution in [3.05, 3.63) is 56.5 Å². The predicted molar refractivity (Wildman–Crippen MR) is 221 cm³/mol. The quantitative estimate of drug-likeness (QED) is 0.287. The number of carbonyl (C=O) groups is 2. The lowest BCUT2D eigenvalue weighted by Gasteiger charge is -2.41. The minimum absolute atomic E-state index is 0. The molecule has 51 heavy (non-hydrogen) atoms. The Labute approximate surface area is 339 Å². The first-order valence-corrected chi connectivity index (χ1v) is 20.4. The molecule has 4 heterocycles. The van der Waals surface area contributed by atoms with Crippen molar-refractivity contribution in [3.63, 3.8) is 0 Å². The van der Waals surface area contributed by atoms with E-state index in [1.54, 1.807) is 11.9 Å². The number of nitrogens with zero attached hydrogens (tertiary/aromatic N) is 4. The summed E-state index contributed by atoms with van der Waals surface area (Å²) in [5.74, 6) is 2.90. The van der Waals surface area contributed by atoms with Gasteiger partial charge in [0.15, 0.2) is 22.2 Å². The third-order valence-corrected chi connectivity index (χ3v) is 13.1. The minimum Gasteiger partial charge on any atom is -0.490 e. The molecule has 0 saturated heterocycles. The summed E-state index contributed by atoms with van der Waals surface area (Å²) in [6, 6.07) is 11.8. The van der Waals surface area contributed by atoms with Crippen molar-refractivity contribution in [2.75, 3.05) is 20.4 Å². The standard InChI is InChI=1S/C19H23BrN2O2S.C18H22BrN3O2.HI.H3N/c1-22-17(23)19(21-18(22)25-2)11-16(12-6-4-3-5-7-12)24-15-9-8-13(20)10-14(15)19;1-22-16(23)18(21-17(22)20)10-15(11-5-3-2-4-6-11)24-14-8-7-12(19)9-13(14)18;;/h8-10,12,16H,3-7,11H2,1-2H3;7-9,11,15H,2-6,10H2,1H3,(H2,20,21);1H;1H3. The van der Waals surface area contributed by atoms with Crippen LogP contribution in [0, 0.1) is 11.8 Å². The molecule has 14 heteroatoms. The Morgan fingerprint density at radius 3 is 1.57 bits per heavy atom. The molecule has 8 rings (SSSR count). The van der Waals surface area contributed by atoms with Crippen LogP contribution in [-0.4, -0.2) is 65.3 Å².